The minimum absolute atomic E-state index is 0.601. The number of benzene rings is 9. The second-order valence-electron chi connectivity index (χ2n) is 14.7. The third-order valence-electron chi connectivity index (χ3n) is 11.2. The molecule has 4 heteroatoms. The maximum Gasteiger partial charge on any atom is 0.227 e. The Morgan fingerprint density at radius 1 is 0.339 bits per heavy atom. The number of hydrogen-bond acceptors (Lipinski definition) is 4. The Kier molecular flexibility index (Phi) is 8.45. The first-order chi connectivity index (χ1) is 29.2. The smallest absolute Gasteiger partial charge is 0.227 e. The summed E-state index contributed by atoms with van der Waals surface area (Å²) in [6.07, 6.45) is 0. The largest absolute Gasteiger partial charge is 0.456 e. The summed E-state index contributed by atoms with van der Waals surface area (Å²) < 4.78 is 12.6. The molecule has 11 aromatic rings. The molecule has 59 heavy (non-hydrogen) atoms. The number of para-hydroxylation sites is 1. The first kappa shape index (κ1) is 34.3. The molecule has 0 saturated carbocycles. The second-order valence-corrected chi connectivity index (χ2v) is 14.7. The number of nitrogens with zero attached hydrogens (tertiary/aromatic N) is 2. The van der Waals surface area contributed by atoms with E-state index in [1.54, 1.807) is 0 Å². The van der Waals surface area contributed by atoms with Crippen LogP contribution in [0.3, 0.4) is 0 Å². The zero-order chi connectivity index (χ0) is 39.1. The predicted octanol–water partition coefficient (Wildman–Crippen LogP) is 15.5. The normalized spacial score (nSPS) is 11.4. The molecule has 0 aliphatic rings. The fraction of sp³-hybridized carbons (Fsp3) is 0. The zero-order valence-electron chi connectivity index (χ0n) is 32.0. The topological polar surface area (TPSA) is 42.4 Å². The highest BCUT2D eigenvalue weighted by atomic mass is 16.4. The van der Waals surface area contributed by atoms with Crippen LogP contribution >= 0.6 is 0 Å². The van der Waals surface area contributed by atoms with Gasteiger partial charge in [0, 0.05) is 27.9 Å². The van der Waals surface area contributed by atoms with E-state index in [1.807, 2.05) is 42.5 Å². The predicted molar refractivity (Wildman–Crippen MR) is 243 cm³/mol. The van der Waals surface area contributed by atoms with Gasteiger partial charge >= 0.3 is 0 Å². The van der Waals surface area contributed by atoms with Crippen LogP contribution in [-0.2, 0) is 0 Å². The molecule has 11 rings (SSSR count). The first-order valence-corrected chi connectivity index (χ1v) is 19.9. The molecule has 0 fully saturated rings. The van der Waals surface area contributed by atoms with Crippen molar-refractivity contribution in [3.8, 4) is 56.0 Å². The lowest BCUT2D eigenvalue weighted by Gasteiger charge is -2.28. The van der Waals surface area contributed by atoms with Gasteiger partial charge in [-0.05, 0) is 106 Å². The number of anilines is 3. The van der Waals surface area contributed by atoms with E-state index in [0.29, 0.717) is 5.89 Å². The summed E-state index contributed by atoms with van der Waals surface area (Å²) in [5.74, 6) is 0.601. The molecule has 0 bridgehead atoms. The Morgan fingerprint density at radius 3 is 1.44 bits per heavy atom. The van der Waals surface area contributed by atoms with E-state index >= 15 is 0 Å². The van der Waals surface area contributed by atoms with Crippen LogP contribution in [0.25, 0.3) is 89.0 Å². The van der Waals surface area contributed by atoms with Crippen molar-refractivity contribution in [2.24, 2.45) is 0 Å². The Hall–Kier alpha value is -7.95. The van der Waals surface area contributed by atoms with Crippen molar-refractivity contribution in [3.05, 3.63) is 218 Å². The van der Waals surface area contributed by atoms with Gasteiger partial charge in [0.1, 0.15) is 16.7 Å². The minimum atomic E-state index is 0.601. The molecule has 4 nitrogen and oxygen atoms in total. The molecule has 0 radical (unpaired) electrons. The highest BCUT2D eigenvalue weighted by Gasteiger charge is 2.19. The van der Waals surface area contributed by atoms with Crippen molar-refractivity contribution in [1.82, 2.24) is 4.98 Å². The molecule has 0 unspecified atom stereocenters. The van der Waals surface area contributed by atoms with Crippen molar-refractivity contribution >= 4 is 50.1 Å². The van der Waals surface area contributed by atoms with Crippen molar-refractivity contribution in [2.45, 2.75) is 0 Å². The number of oxazole rings is 1. The van der Waals surface area contributed by atoms with E-state index in [0.717, 1.165) is 77.9 Å². The van der Waals surface area contributed by atoms with Crippen LogP contribution in [0.15, 0.2) is 227 Å². The lowest BCUT2D eigenvalue weighted by Crippen LogP contribution is -2.11. The lowest BCUT2D eigenvalue weighted by molar-refractivity contribution is 0.619. The first-order valence-electron chi connectivity index (χ1n) is 19.9. The number of hydrogen-bond donors (Lipinski definition) is 0. The SMILES string of the molecule is c1ccc(-c2ccc(-c3ccc(N(c4ccc(-c5ccc6c(c5)oc5ccc7oc(-c8ccccc8)nc7c56)cc4)c4ccccc4-c4ccccc4)cc3)cc2)cc1. The van der Waals surface area contributed by atoms with Gasteiger partial charge in [0.25, 0.3) is 0 Å². The molecule has 0 aliphatic heterocycles. The van der Waals surface area contributed by atoms with Crippen LogP contribution in [0.2, 0.25) is 0 Å². The molecule has 0 amide bonds. The summed E-state index contributed by atoms with van der Waals surface area (Å²) in [5.41, 5.74) is 16.6. The van der Waals surface area contributed by atoms with Crippen LogP contribution in [-0.4, -0.2) is 4.98 Å². The number of aromatic nitrogens is 1. The third-order valence-corrected chi connectivity index (χ3v) is 11.2. The van der Waals surface area contributed by atoms with Crippen molar-refractivity contribution in [1.29, 1.82) is 0 Å². The monoisotopic (exact) mass is 756 g/mol. The van der Waals surface area contributed by atoms with Gasteiger partial charge in [-0.3, -0.25) is 0 Å². The Morgan fingerprint density at radius 2 is 0.814 bits per heavy atom. The highest BCUT2D eigenvalue weighted by molar-refractivity contribution is 6.17. The van der Waals surface area contributed by atoms with Crippen molar-refractivity contribution < 1.29 is 8.83 Å². The van der Waals surface area contributed by atoms with E-state index in [-0.39, 0.29) is 0 Å². The molecule has 278 valence electrons. The number of fused-ring (bicyclic) bond motifs is 5. The number of rotatable bonds is 8. The summed E-state index contributed by atoms with van der Waals surface area (Å²) in [5, 5.41) is 1.98. The zero-order valence-corrected chi connectivity index (χ0v) is 32.0. The Balaban J connectivity index is 0.951. The molecule has 0 aliphatic carbocycles. The molecule has 0 saturated heterocycles. The fourth-order valence-electron chi connectivity index (χ4n) is 8.19. The van der Waals surface area contributed by atoms with E-state index in [9.17, 15) is 0 Å². The van der Waals surface area contributed by atoms with Crippen molar-refractivity contribution in [3.63, 3.8) is 0 Å². The molecule has 0 spiro atoms. The van der Waals surface area contributed by atoms with Gasteiger partial charge in [0.15, 0.2) is 5.58 Å². The van der Waals surface area contributed by atoms with Gasteiger partial charge in [-0.2, -0.15) is 0 Å². The number of furan rings is 1. The van der Waals surface area contributed by atoms with Crippen LogP contribution in [0.5, 0.6) is 0 Å². The van der Waals surface area contributed by atoms with Crippen LogP contribution < -0.4 is 4.90 Å². The summed E-state index contributed by atoms with van der Waals surface area (Å²) in [7, 11) is 0. The summed E-state index contributed by atoms with van der Waals surface area (Å²) >= 11 is 0. The van der Waals surface area contributed by atoms with E-state index < -0.39 is 0 Å². The summed E-state index contributed by atoms with van der Waals surface area (Å²) in [6.45, 7) is 0. The van der Waals surface area contributed by atoms with Gasteiger partial charge in [-0.1, -0.05) is 152 Å². The molecular weight excluding hydrogens is 721 g/mol. The molecule has 0 atom stereocenters. The van der Waals surface area contributed by atoms with Gasteiger partial charge < -0.3 is 13.7 Å². The molecular formula is C55H36N2O2. The molecule has 0 N–H and O–H groups in total. The summed E-state index contributed by atoms with van der Waals surface area (Å²) in [6, 6.07) is 76.6. The molecule has 9 aromatic carbocycles. The Labute approximate surface area is 341 Å². The van der Waals surface area contributed by atoms with Crippen LogP contribution in [0.4, 0.5) is 17.1 Å². The fourth-order valence-corrected chi connectivity index (χ4v) is 8.19. The highest BCUT2D eigenvalue weighted by Crippen LogP contribution is 2.43. The van der Waals surface area contributed by atoms with Crippen LogP contribution in [0.1, 0.15) is 0 Å². The molecule has 2 heterocycles. The van der Waals surface area contributed by atoms with E-state index in [4.69, 9.17) is 13.8 Å². The van der Waals surface area contributed by atoms with E-state index in [1.165, 1.54) is 22.3 Å². The van der Waals surface area contributed by atoms with Crippen molar-refractivity contribution in [2.75, 3.05) is 4.90 Å². The van der Waals surface area contributed by atoms with Crippen LogP contribution in [0, 0.1) is 0 Å². The average molecular weight is 757 g/mol. The lowest BCUT2D eigenvalue weighted by atomic mass is 9.99. The Bertz CT molecular complexity index is 3220. The average Bonchev–Trinajstić information content (AvgIpc) is 3.92. The maximum atomic E-state index is 6.45. The van der Waals surface area contributed by atoms with Gasteiger partial charge in [-0.15, -0.1) is 0 Å². The second kappa shape index (κ2) is 14.5. The van der Waals surface area contributed by atoms with Gasteiger partial charge in [0.2, 0.25) is 5.89 Å². The van der Waals surface area contributed by atoms with E-state index in [2.05, 4.69) is 181 Å². The van der Waals surface area contributed by atoms with Gasteiger partial charge in [-0.25, -0.2) is 4.98 Å². The third kappa shape index (κ3) is 6.34. The summed E-state index contributed by atoms with van der Waals surface area (Å²) in [4.78, 5) is 7.27. The quantitative estimate of drug-likeness (QED) is 0.155. The van der Waals surface area contributed by atoms with Gasteiger partial charge in [0.05, 0.1) is 11.1 Å². The minimum Gasteiger partial charge on any atom is -0.456 e. The standard InChI is InChI=1S/C55H36N2O2/c1-4-12-37(13-5-1)38-20-22-39(23-21-38)40-24-29-45(30-25-40)57(49-19-11-10-18-47(49)42-14-6-2-7-15-42)46-31-26-41(27-32-46)44-28-33-48-52(36-44)58-50-34-35-51-54(53(48)50)56-55(59-51)43-16-8-3-9-17-43/h1-36H. The maximum absolute atomic E-state index is 6.45. The molecule has 2 aromatic heterocycles.